The Morgan fingerprint density at radius 3 is 1.87 bits per heavy atom. The van der Waals surface area contributed by atoms with Crippen LogP contribution in [0.3, 0.4) is 0 Å². The summed E-state index contributed by atoms with van der Waals surface area (Å²) in [4.78, 5) is 20.8. The largest absolute Gasteiger partial charge is 0.465 e. The zero-order valence-corrected chi connectivity index (χ0v) is 7.68. The minimum Gasteiger partial charge on any atom is -0.465 e. The zero-order valence-electron chi connectivity index (χ0n) is 7.68. The molecule has 80 valence electrons. The highest BCUT2D eigenvalue weighted by molar-refractivity contribution is 5.68. The summed E-state index contributed by atoms with van der Waals surface area (Å²) < 4.78 is 0. The summed E-state index contributed by atoms with van der Waals surface area (Å²) in [6.07, 6.45) is -3.54. The second kappa shape index (κ2) is 4.85. The van der Waals surface area contributed by atoms with Gasteiger partial charge in [-0.15, -0.1) is 0 Å². The van der Waals surface area contributed by atoms with E-state index >= 15 is 0 Å². The molecule has 0 aliphatic carbocycles. The topological polar surface area (TPSA) is 98.7 Å². The number of benzene rings is 1. The molecule has 0 spiro atoms. The third-order valence-electron chi connectivity index (χ3n) is 1.67. The first-order valence-electron chi connectivity index (χ1n) is 4.13. The standard InChI is InChI=1S/C9H10N2O4/c12-8(13)10-7(11-9(14)15)6-4-2-1-3-5-6/h1-5,7,10-11H,(H,12,13)(H,14,15). The summed E-state index contributed by atoms with van der Waals surface area (Å²) in [5.74, 6) is 0. The van der Waals surface area contributed by atoms with Crippen molar-refractivity contribution >= 4 is 12.2 Å². The Kier molecular flexibility index (Phi) is 3.50. The molecule has 0 aliphatic heterocycles. The maximum atomic E-state index is 10.4. The highest BCUT2D eigenvalue weighted by Gasteiger charge is 2.15. The maximum absolute atomic E-state index is 10.4. The van der Waals surface area contributed by atoms with Crippen molar-refractivity contribution in [1.29, 1.82) is 0 Å². The average molecular weight is 210 g/mol. The summed E-state index contributed by atoms with van der Waals surface area (Å²) in [5, 5.41) is 21.1. The van der Waals surface area contributed by atoms with Crippen LogP contribution in [0, 0.1) is 0 Å². The Morgan fingerprint density at radius 1 is 1.00 bits per heavy atom. The van der Waals surface area contributed by atoms with Gasteiger partial charge in [-0.3, -0.25) is 10.6 Å². The van der Waals surface area contributed by atoms with E-state index < -0.39 is 18.4 Å². The second-order valence-electron chi connectivity index (χ2n) is 2.74. The molecule has 1 rings (SSSR count). The van der Waals surface area contributed by atoms with Crippen LogP contribution in [0.15, 0.2) is 30.3 Å². The van der Waals surface area contributed by atoms with Gasteiger partial charge in [0.1, 0.15) is 6.17 Å². The smallest absolute Gasteiger partial charge is 0.406 e. The fourth-order valence-corrected chi connectivity index (χ4v) is 1.10. The van der Waals surface area contributed by atoms with Crippen molar-refractivity contribution in [3.05, 3.63) is 35.9 Å². The predicted octanol–water partition coefficient (Wildman–Crippen LogP) is 1.22. The number of nitrogens with one attached hydrogen (secondary N) is 2. The number of rotatable bonds is 3. The van der Waals surface area contributed by atoms with Gasteiger partial charge in [0.25, 0.3) is 0 Å². The van der Waals surface area contributed by atoms with E-state index in [9.17, 15) is 9.59 Å². The summed E-state index contributed by atoms with van der Waals surface area (Å²) in [6.45, 7) is 0. The first-order valence-corrected chi connectivity index (χ1v) is 4.13. The van der Waals surface area contributed by atoms with Crippen LogP contribution < -0.4 is 10.6 Å². The van der Waals surface area contributed by atoms with Crippen molar-refractivity contribution in [2.75, 3.05) is 0 Å². The molecule has 0 unspecified atom stereocenters. The van der Waals surface area contributed by atoms with Crippen molar-refractivity contribution in [1.82, 2.24) is 10.6 Å². The number of amides is 2. The molecule has 0 saturated carbocycles. The van der Waals surface area contributed by atoms with Crippen LogP contribution in [0.4, 0.5) is 9.59 Å². The van der Waals surface area contributed by atoms with Gasteiger partial charge in [-0.05, 0) is 5.56 Å². The Bertz CT molecular complexity index is 336. The van der Waals surface area contributed by atoms with Crippen molar-refractivity contribution in [2.45, 2.75) is 6.17 Å². The molecular weight excluding hydrogens is 200 g/mol. The van der Waals surface area contributed by atoms with Gasteiger partial charge in [0, 0.05) is 0 Å². The molecular formula is C9H10N2O4. The fourth-order valence-electron chi connectivity index (χ4n) is 1.10. The summed E-state index contributed by atoms with van der Waals surface area (Å²) in [5.41, 5.74) is 0.530. The lowest BCUT2D eigenvalue weighted by Crippen LogP contribution is -2.39. The van der Waals surface area contributed by atoms with Gasteiger partial charge in [-0.2, -0.15) is 0 Å². The van der Waals surface area contributed by atoms with Crippen LogP contribution in [0.25, 0.3) is 0 Å². The molecule has 0 heterocycles. The highest BCUT2D eigenvalue weighted by Crippen LogP contribution is 2.08. The van der Waals surface area contributed by atoms with Crippen LogP contribution in [0.1, 0.15) is 11.7 Å². The number of carbonyl (C=O) groups is 2. The van der Waals surface area contributed by atoms with Gasteiger partial charge in [0.05, 0.1) is 0 Å². The van der Waals surface area contributed by atoms with Gasteiger partial charge < -0.3 is 10.2 Å². The quantitative estimate of drug-likeness (QED) is 0.563. The van der Waals surface area contributed by atoms with Gasteiger partial charge in [-0.25, -0.2) is 9.59 Å². The van der Waals surface area contributed by atoms with Gasteiger partial charge >= 0.3 is 12.2 Å². The zero-order chi connectivity index (χ0) is 11.3. The van der Waals surface area contributed by atoms with Crippen LogP contribution in [0.2, 0.25) is 0 Å². The van der Waals surface area contributed by atoms with Gasteiger partial charge in [0.2, 0.25) is 0 Å². The molecule has 0 atom stereocenters. The summed E-state index contributed by atoms with van der Waals surface area (Å²) >= 11 is 0. The lowest BCUT2D eigenvalue weighted by molar-refractivity contribution is 0.176. The lowest BCUT2D eigenvalue weighted by Gasteiger charge is -2.16. The Labute approximate surface area is 85.5 Å². The molecule has 0 saturated heterocycles. The Morgan fingerprint density at radius 2 is 1.47 bits per heavy atom. The van der Waals surface area contributed by atoms with Gasteiger partial charge in [-0.1, -0.05) is 30.3 Å². The SMILES string of the molecule is O=C(O)NC(NC(=O)O)c1ccccc1. The molecule has 1 aromatic rings. The molecule has 6 heteroatoms. The van der Waals surface area contributed by atoms with E-state index in [0.29, 0.717) is 5.56 Å². The van der Waals surface area contributed by atoms with Gasteiger partial charge in [0.15, 0.2) is 0 Å². The Hall–Kier alpha value is -2.24. The molecule has 15 heavy (non-hydrogen) atoms. The molecule has 0 radical (unpaired) electrons. The molecule has 4 N–H and O–H groups in total. The van der Waals surface area contributed by atoms with E-state index in [0.717, 1.165) is 0 Å². The van der Waals surface area contributed by atoms with E-state index in [4.69, 9.17) is 10.2 Å². The lowest BCUT2D eigenvalue weighted by atomic mass is 10.2. The monoisotopic (exact) mass is 210 g/mol. The van der Waals surface area contributed by atoms with E-state index in [1.165, 1.54) is 0 Å². The molecule has 2 amide bonds. The molecule has 0 fully saturated rings. The molecule has 0 aliphatic rings. The minimum atomic E-state index is -1.29. The highest BCUT2D eigenvalue weighted by atomic mass is 16.4. The van der Waals surface area contributed by atoms with Crippen molar-refractivity contribution in [2.24, 2.45) is 0 Å². The first kappa shape index (κ1) is 10.8. The molecule has 0 aromatic heterocycles. The summed E-state index contributed by atoms with van der Waals surface area (Å²) in [6, 6.07) is 8.37. The molecule has 6 nitrogen and oxygen atoms in total. The molecule has 1 aromatic carbocycles. The first-order chi connectivity index (χ1) is 7.09. The molecule has 0 bridgehead atoms. The second-order valence-corrected chi connectivity index (χ2v) is 2.74. The summed E-state index contributed by atoms with van der Waals surface area (Å²) in [7, 11) is 0. The predicted molar refractivity (Wildman–Crippen MR) is 51.5 cm³/mol. The fraction of sp³-hybridized carbons (Fsp3) is 0.111. The van der Waals surface area contributed by atoms with Crippen LogP contribution >= 0.6 is 0 Å². The van der Waals surface area contributed by atoms with Crippen LogP contribution in [-0.4, -0.2) is 22.4 Å². The van der Waals surface area contributed by atoms with Crippen LogP contribution in [-0.2, 0) is 0 Å². The average Bonchev–Trinajstić information content (AvgIpc) is 2.17. The maximum Gasteiger partial charge on any atom is 0.406 e. The number of hydrogen-bond acceptors (Lipinski definition) is 2. The number of carboxylic acid groups (broad SMARTS) is 2. The Balaban J connectivity index is 2.81. The minimum absolute atomic E-state index is 0.530. The number of hydrogen-bond donors (Lipinski definition) is 4. The van der Waals surface area contributed by atoms with E-state index in [-0.39, 0.29) is 0 Å². The van der Waals surface area contributed by atoms with Crippen LogP contribution in [0.5, 0.6) is 0 Å². The van der Waals surface area contributed by atoms with Crippen molar-refractivity contribution in [3.8, 4) is 0 Å². The third-order valence-corrected chi connectivity index (χ3v) is 1.67. The third kappa shape index (κ3) is 3.55. The van der Waals surface area contributed by atoms with E-state index in [1.54, 1.807) is 30.3 Å². The normalized spacial score (nSPS) is 9.67. The van der Waals surface area contributed by atoms with E-state index in [2.05, 4.69) is 10.6 Å². The van der Waals surface area contributed by atoms with Crippen molar-refractivity contribution in [3.63, 3.8) is 0 Å². The van der Waals surface area contributed by atoms with Crippen molar-refractivity contribution < 1.29 is 19.8 Å². The van der Waals surface area contributed by atoms with E-state index in [1.807, 2.05) is 0 Å².